The number of nitrogens with one attached hydrogen (secondary N) is 3. The number of hydrogen-bond acceptors (Lipinski definition) is 12. The van der Waals surface area contributed by atoms with Crippen LogP contribution in [0.15, 0.2) is 47.3 Å². The van der Waals surface area contributed by atoms with Gasteiger partial charge in [0.05, 0.1) is 39.4 Å². The van der Waals surface area contributed by atoms with Gasteiger partial charge < -0.3 is 25.2 Å². The van der Waals surface area contributed by atoms with Crippen molar-refractivity contribution in [2.45, 2.75) is 50.3 Å². The van der Waals surface area contributed by atoms with Gasteiger partial charge in [0, 0.05) is 75.7 Å². The van der Waals surface area contributed by atoms with E-state index in [1.54, 1.807) is 37.8 Å². The van der Waals surface area contributed by atoms with Crippen molar-refractivity contribution in [1.29, 1.82) is 0 Å². The molecule has 0 unspecified atom stereocenters. The van der Waals surface area contributed by atoms with Gasteiger partial charge in [0.2, 0.25) is 16.0 Å². The summed E-state index contributed by atoms with van der Waals surface area (Å²) >= 11 is 3.56. The van der Waals surface area contributed by atoms with Gasteiger partial charge in [-0.3, -0.25) is 19.6 Å². The second kappa shape index (κ2) is 14.2. The number of benzene rings is 2. The van der Waals surface area contributed by atoms with E-state index in [0.717, 1.165) is 64.2 Å². The van der Waals surface area contributed by atoms with Gasteiger partial charge in [-0.25, -0.2) is 13.4 Å². The molecule has 1 aliphatic carbocycles. The monoisotopic (exact) mass is 750 g/mol. The van der Waals surface area contributed by atoms with Gasteiger partial charge in [-0.15, -0.1) is 0 Å². The van der Waals surface area contributed by atoms with E-state index in [1.807, 2.05) is 0 Å². The van der Waals surface area contributed by atoms with Crippen LogP contribution < -0.4 is 25.0 Å². The van der Waals surface area contributed by atoms with Crippen LogP contribution in [-0.2, 0) is 16.4 Å². The Kier molecular flexibility index (Phi) is 9.77. The highest BCUT2D eigenvalue weighted by Crippen LogP contribution is 2.39. The maximum absolute atomic E-state index is 13.0. The Labute approximate surface area is 296 Å². The molecule has 13 nitrogen and oxygen atoms in total. The summed E-state index contributed by atoms with van der Waals surface area (Å²) in [6.45, 7) is 8.81. The molecule has 2 saturated heterocycles. The van der Waals surface area contributed by atoms with E-state index in [9.17, 15) is 8.42 Å². The number of anilines is 6. The number of rotatable bonds is 11. The fraction of sp³-hybridized carbons (Fsp3) is 0.471. The highest BCUT2D eigenvalue weighted by Gasteiger charge is 2.36. The summed E-state index contributed by atoms with van der Waals surface area (Å²) in [5.41, 5.74) is 5.04. The average molecular weight is 752 g/mol. The number of likely N-dealkylation sites (N-methyl/N-ethyl adjacent to an activating group) is 1. The predicted octanol–water partition coefficient (Wildman–Crippen LogP) is 5.36. The van der Waals surface area contributed by atoms with Crippen molar-refractivity contribution in [3.8, 4) is 5.75 Å². The number of methoxy groups -OCH3 is 1. The van der Waals surface area contributed by atoms with Gasteiger partial charge in [0.25, 0.3) is 0 Å². The van der Waals surface area contributed by atoms with Crippen LogP contribution in [0.25, 0.3) is 11.0 Å². The molecule has 15 heteroatoms. The molecule has 0 amide bonds. The third-order valence-corrected chi connectivity index (χ3v) is 12.2. The van der Waals surface area contributed by atoms with Crippen LogP contribution in [0.2, 0.25) is 0 Å². The van der Waals surface area contributed by atoms with Crippen LogP contribution in [0.5, 0.6) is 5.75 Å². The summed E-state index contributed by atoms with van der Waals surface area (Å²) in [6, 6.07) is 8.47. The summed E-state index contributed by atoms with van der Waals surface area (Å²) in [6.07, 6.45) is 9.24. The average Bonchev–Trinajstić information content (AvgIpc) is 3.98. The van der Waals surface area contributed by atoms with Crippen molar-refractivity contribution in [2.75, 3.05) is 73.7 Å². The highest BCUT2D eigenvalue weighted by atomic mass is 79.9. The highest BCUT2D eigenvalue weighted by molar-refractivity contribution is 9.10. The molecule has 4 heterocycles. The third-order valence-electron chi connectivity index (χ3n) is 9.73. The first kappa shape index (κ1) is 33.7. The first-order chi connectivity index (χ1) is 23.7. The van der Waals surface area contributed by atoms with Crippen molar-refractivity contribution in [2.24, 2.45) is 0 Å². The SMILES string of the molecule is CCc1cc(Nc2ncc(Br)c(Nc3ccc4nccnc4c3NS(=O)(=O)C3CC3)n2)c(OC)cc1N1CCC(N2CCN(C)CC2)CC1. The fourth-order valence-electron chi connectivity index (χ4n) is 6.73. The Morgan fingerprint density at radius 3 is 2.41 bits per heavy atom. The molecule has 0 atom stereocenters. The second-order valence-corrected chi connectivity index (χ2v) is 15.8. The first-order valence-corrected chi connectivity index (χ1v) is 19.3. The summed E-state index contributed by atoms with van der Waals surface area (Å²) in [5.74, 6) is 1.51. The third kappa shape index (κ3) is 7.39. The standard InChI is InChI=1S/C34H43BrN10O3S/c1-4-22-19-28(30(48-3)20-29(22)45-13-9-23(10-14-45)44-17-15-43(2)16-18-44)40-34-38-21-25(35)33(41-34)39-27-8-7-26-31(37-12-11-36-26)32(27)42-49(46,47)24-5-6-24/h7-8,11-12,19-21,23-24,42H,4-6,9-10,13-18H2,1-3H3,(H2,38,39,40,41). The van der Waals surface area contributed by atoms with Gasteiger partial charge >= 0.3 is 0 Å². The lowest BCUT2D eigenvalue weighted by molar-refractivity contribution is 0.0982. The van der Waals surface area contributed by atoms with E-state index >= 15 is 0 Å². The van der Waals surface area contributed by atoms with Crippen LogP contribution in [0.4, 0.5) is 34.5 Å². The Bertz CT molecular complexity index is 1930. The maximum Gasteiger partial charge on any atom is 0.235 e. The Morgan fingerprint density at radius 2 is 1.69 bits per heavy atom. The maximum atomic E-state index is 13.0. The topological polar surface area (TPSA) is 141 Å². The number of aromatic nitrogens is 4. The van der Waals surface area contributed by atoms with E-state index in [-0.39, 0.29) is 0 Å². The molecular weight excluding hydrogens is 708 g/mol. The minimum atomic E-state index is -3.58. The van der Waals surface area contributed by atoms with Crippen molar-refractivity contribution in [3.63, 3.8) is 0 Å². The minimum absolute atomic E-state index is 0.329. The molecule has 2 aliphatic heterocycles. The zero-order chi connectivity index (χ0) is 34.1. The van der Waals surface area contributed by atoms with Gasteiger partial charge in [-0.05, 0) is 78.8 Å². The molecule has 260 valence electrons. The number of piperazine rings is 1. The minimum Gasteiger partial charge on any atom is -0.494 e. The number of sulfonamides is 1. The molecule has 0 bridgehead atoms. The molecule has 0 spiro atoms. The second-order valence-electron chi connectivity index (χ2n) is 13.0. The number of halogens is 1. The molecule has 3 N–H and O–H groups in total. The summed E-state index contributed by atoms with van der Waals surface area (Å²) in [7, 11) is 0.308. The molecule has 7 rings (SSSR count). The predicted molar refractivity (Wildman–Crippen MR) is 198 cm³/mol. The van der Waals surface area contributed by atoms with Crippen molar-refractivity contribution in [3.05, 3.63) is 52.9 Å². The molecule has 2 aromatic heterocycles. The van der Waals surface area contributed by atoms with Gasteiger partial charge in [0.15, 0.2) is 0 Å². The van der Waals surface area contributed by atoms with Crippen molar-refractivity contribution >= 4 is 71.5 Å². The van der Waals surface area contributed by atoms with Gasteiger partial charge in [-0.2, -0.15) is 4.98 Å². The molecule has 1 saturated carbocycles. The smallest absolute Gasteiger partial charge is 0.235 e. The molecule has 0 radical (unpaired) electrons. The molecule has 4 aromatic rings. The van der Waals surface area contributed by atoms with E-state index in [1.165, 1.54) is 11.3 Å². The Balaban J connectivity index is 1.11. The van der Waals surface area contributed by atoms with Crippen LogP contribution in [0, 0.1) is 0 Å². The zero-order valence-electron chi connectivity index (χ0n) is 28.1. The molecule has 3 aliphatic rings. The lowest BCUT2D eigenvalue weighted by atomic mass is 9.99. The fourth-order valence-corrected chi connectivity index (χ4v) is 8.43. The molecule has 3 fully saturated rings. The quantitative estimate of drug-likeness (QED) is 0.182. The number of ether oxygens (including phenoxy) is 1. The molecule has 49 heavy (non-hydrogen) atoms. The summed E-state index contributed by atoms with van der Waals surface area (Å²) in [4.78, 5) is 25.7. The lowest BCUT2D eigenvalue weighted by Gasteiger charge is -2.43. The zero-order valence-corrected chi connectivity index (χ0v) is 30.5. The summed E-state index contributed by atoms with van der Waals surface area (Å²) < 4.78 is 35.3. The first-order valence-electron chi connectivity index (χ1n) is 16.9. The normalized spacial score (nSPS) is 18.1. The number of fused-ring (bicyclic) bond motifs is 1. The van der Waals surface area contributed by atoms with Crippen molar-refractivity contribution < 1.29 is 13.2 Å². The van der Waals surface area contributed by atoms with Crippen LogP contribution in [-0.4, -0.2) is 103 Å². The number of aryl methyl sites for hydroxylation is 1. The van der Waals surface area contributed by atoms with E-state index in [4.69, 9.17) is 9.72 Å². The van der Waals surface area contributed by atoms with Crippen LogP contribution >= 0.6 is 15.9 Å². The van der Waals surface area contributed by atoms with Crippen LogP contribution in [0.3, 0.4) is 0 Å². The molecule has 2 aromatic carbocycles. The summed E-state index contributed by atoms with van der Waals surface area (Å²) in [5, 5.41) is 6.26. The Hall–Kier alpha value is -3.79. The van der Waals surface area contributed by atoms with E-state index in [0.29, 0.717) is 63.3 Å². The van der Waals surface area contributed by atoms with E-state index < -0.39 is 15.3 Å². The van der Waals surface area contributed by atoms with Gasteiger partial charge in [0.1, 0.15) is 17.1 Å². The van der Waals surface area contributed by atoms with Gasteiger partial charge in [-0.1, -0.05) is 6.92 Å². The molecular formula is C34H43BrN10O3S. The Morgan fingerprint density at radius 1 is 0.939 bits per heavy atom. The number of hydrogen-bond donors (Lipinski definition) is 3. The van der Waals surface area contributed by atoms with Crippen molar-refractivity contribution in [1.82, 2.24) is 29.7 Å². The number of nitrogens with zero attached hydrogens (tertiary/aromatic N) is 7. The van der Waals surface area contributed by atoms with Crippen LogP contribution in [0.1, 0.15) is 38.2 Å². The lowest BCUT2D eigenvalue weighted by Crippen LogP contribution is -2.52. The number of piperidine rings is 1. The largest absolute Gasteiger partial charge is 0.494 e. The van der Waals surface area contributed by atoms with E-state index in [2.05, 4.69) is 87.0 Å².